The van der Waals surface area contributed by atoms with Gasteiger partial charge in [0.1, 0.15) is 0 Å². The number of nitrogens with one attached hydrogen (secondary N) is 3. The molecule has 1 aliphatic rings. The number of urea groups is 1. The van der Waals surface area contributed by atoms with E-state index in [0.717, 1.165) is 31.4 Å². The molecular formula is C25H32N4O4. The quantitative estimate of drug-likeness (QED) is 0.532. The van der Waals surface area contributed by atoms with Crippen LogP contribution in [0, 0.1) is 0 Å². The second-order valence-electron chi connectivity index (χ2n) is 8.31. The van der Waals surface area contributed by atoms with E-state index >= 15 is 0 Å². The minimum atomic E-state index is -0.449. The van der Waals surface area contributed by atoms with E-state index in [4.69, 9.17) is 4.74 Å². The molecule has 33 heavy (non-hydrogen) atoms. The van der Waals surface area contributed by atoms with Crippen molar-refractivity contribution < 1.29 is 19.1 Å². The zero-order valence-electron chi connectivity index (χ0n) is 19.4. The first kappa shape index (κ1) is 24.1. The van der Waals surface area contributed by atoms with Crippen LogP contribution in [0.25, 0.3) is 0 Å². The normalized spacial score (nSPS) is 13.7. The lowest BCUT2D eigenvalue weighted by atomic mass is 9.95. The fourth-order valence-electron chi connectivity index (χ4n) is 3.89. The van der Waals surface area contributed by atoms with E-state index in [2.05, 4.69) is 16.0 Å². The lowest BCUT2D eigenvalue weighted by Crippen LogP contribution is -2.36. The molecule has 0 heterocycles. The van der Waals surface area contributed by atoms with Crippen LogP contribution in [-0.2, 0) is 4.74 Å². The molecule has 3 rings (SSSR count). The van der Waals surface area contributed by atoms with Crippen LogP contribution in [0.2, 0.25) is 0 Å². The third-order valence-corrected chi connectivity index (χ3v) is 5.58. The van der Waals surface area contributed by atoms with Gasteiger partial charge in [0.05, 0.1) is 17.7 Å². The van der Waals surface area contributed by atoms with Gasteiger partial charge >= 0.3 is 12.0 Å². The molecule has 1 saturated carbocycles. The van der Waals surface area contributed by atoms with Crippen LogP contribution < -0.4 is 20.9 Å². The molecule has 0 bridgehead atoms. The highest BCUT2D eigenvalue weighted by molar-refractivity contribution is 6.04. The van der Waals surface area contributed by atoms with Gasteiger partial charge in [0.15, 0.2) is 0 Å². The van der Waals surface area contributed by atoms with Crippen molar-refractivity contribution >= 4 is 35.0 Å². The molecule has 3 amide bonds. The van der Waals surface area contributed by atoms with Gasteiger partial charge in [0.2, 0.25) is 0 Å². The van der Waals surface area contributed by atoms with Crippen LogP contribution in [0.5, 0.6) is 0 Å². The van der Waals surface area contributed by atoms with Crippen molar-refractivity contribution in [2.75, 3.05) is 36.2 Å². The molecule has 2 aromatic rings. The first-order chi connectivity index (χ1) is 15.9. The number of hydrogen-bond acceptors (Lipinski definition) is 5. The Balaban J connectivity index is 1.67. The average molecular weight is 453 g/mol. The third kappa shape index (κ3) is 6.71. The first-order valence-electron chi connectivity index (χ1n) is 11.3. The van der Waals surface area contributed by atoms with E-state index in [0.29, 0.717) is 29.1 Å². The number of carbonyl (C=O) groups is 3. The van der Waals surface area contributed by atoms with E-state index in [1.165, 1.54) is 6.42 Å². The van der Waals surface area contributed by atoms with Crippen LogP contribution in [0.15, 0.2) is 42.5 Å². The number of anilines is 3. The Morgan fingerprint density at radius 1 is 0.939 bits per heavy atom. The molecule has 0 unspecified atom stereocenters. The Kier molecular flexibility index (Phi) is 8.29. The average Bonchev–Trinajstić information content (AvgIpc) is 2.80. The summed E-state index contributed by atoms with van der Waals surface area (Å²) in [6.07, 6.45) is 5.48. The van der Waals surface area contributed by atoms with Crippen molar-refractivity contribution in [1.29, 1.82) is 0 Å². The standard InChI is InChI=1S/C25H32N4O4/c1-4-33-24(31)17-10-12-19(13-11-17)27-25(32)28-20-14-15-22(29(2)3)21(16-20)23(30)26-18-8-6-5-7-9-18/h10-16,18H,4-9H2,1-3H3,(H,26,30)(H2,27,28,32). The molecule has 0 aromatic heterocycles. The molecule has 0 atom stereocenters. The Bertz CT molecular complexity index is 982. The summed E-state index contributed by atoms with van der Waals surface area (Å²) in [5.74, 6) is -0.544. The van der Waals surface area contributed by atoms with Crippen LogP contribution in [0.3, 0.4) is 0 Å². The molecule has 2 aromatic carbocycles. The summed E-state index contributed by atoms with van der Waals surface area (Å²) in [4.78, 5) is 39.1. The van der Waals surface area contributed by atoms with E-state index in [1.54, 1.807) is 43.3 Å². The van der Waals surface area contributed by atoms with E-state index in [-0.39, 0.29) is 11.9 Å². The molecule has 0 radical (unpaired) electrons. The molecular weight excluding hydrogens is 420 g/mol. The van der Waals surface area contributed by atoms with Gasteiger partial charge in [-0.25, -0.2) is 9.59 Å². The zero-order chi connectivity index (χ0) is 23.8. The number of carbonyl (C=O) groups excluding carboxylic acids is 3. The topological polar surface area (TPSA) is 99.8 Å². The van der Waals surface area contributed by atoms with Gasteiger partial charge in [-0.3, -0.25) is 4.79 Å². The number of ether oxygens (including phenoxy) is 1. The largest absolute Gasteiger partial charge is 0.462 e. The van der Waals surface area contributed by atoms with E-state index < -0.39 is 12.0 Å². The van der Waals surface area contributed by atoms with Gasteiger partial charge in [0, 0.05) is 37.2 Å². The molecule has 3 N–H and O–H groups in total. The highest BCUT2D eigenvalue weighted by Gasteiger charge is 2.20. The second kappa shape index (κ2) is 11.4. The number of benzene rings is 2. The van der Waals surface area contributed by atoms with Crippen LogP contribution >= 0.6 is 0 Å². The van der Waals surface area contributed by atoms with Crippen molar-refractivity contribution in [3.63, 3.8) is 0 Å². The maximum Gasteiger partial charge on any atom is 0.338 e. The van der Waals surface area contributed by atoms with Crippen molar-refractivity contribution in [3.8, 4) is 0 Å². The monoisotopic (exact) mass is 452 g/mol. The summed E-state index contributed by atoms with van der Waals surface area (Å²) in [6, 6.07) is 11.5. The summed E-state index contributed by atoms with van der Waals surface area (Å²) in [7, 11) is 3.76. The van der Waals surface area contributed by atoms with Crippen LogP contribution in [0.4, 0.5) is 21.9 Å². The van der Waals surface area contributed by atoms with Gasteiger partial charge in [-0.2, -0.15) is 0 Å². The predicted molar refractivity (Wildman–Crippen MR) is 130 cm³/mol. The molecule has 1 aliphatic carbocycles. The maximum atomic E-state index is 13.0. The molecule has 0 spiro atoms. The fourth-order valence-corrected chi connectivity index (χ4v) is 3.89. The lowest BCUT2D eigenvalue weighted by molar-refractivity contribution is 0.0526. The highest BCUT2D eigenvalue weighted by Crippen LogP contribution is 2.25. The number of nitrogens with zero attached hydrogens (tertiary/aromatic N) is 1. The summed E-state index contributed by atoms with van der Waals surface area (Å²) < 4.78 is 4.96. The highest BCUT2D eigenvalue weighted by atomic mass is 16.5. The van der Waals surface area contributed by atoms with Crippen molar-refractivity contribution in [2.24, 2.45) is 0 Å². The van der Waals surface area contributed by atoms with Gasteiger partial charge in [0.25, 0.3) is 5.91 Å². The van der Waals surface area contributed by atoms with Gasteiger partial charge < -0.3 is 25.6 Å². The van der Waals surface area contributed by atoms with E-state index in [9.17, 15) is 14.4 Å². The minimum absolute atomic E-state index is 0.135. The van der Waals surface area contributed by atoms with E-state index in [1.807, 2.05) is 25.1 Å². The first-order valence-corrected chi connectivity index (χ1v) is 11.3. The molecule has 1 fully saturated rings. The van der Waals surface area contributed by atoms with Crippen LogP contribution in [0.1, 0.15) is 59.7 Å². The summed E-state index contributed by atoms with van der Waals surface area (Å²) in [6.45, 7) is 2.04. The Morgan fingerprint density at radius 3 is 2.21 bits per heavy atom. The summed E-state index contributed by atoms with van der Waals surface area (Å²) in [5, 5.41) is 8.64. The summed E-state index contributed by atoms with van der Waals surface area (Å²) >= 11 is 0. The molecule has 176 valence electrons. The van der Waals surface area contributed by atoms with Crippen molar-refractivity contribution in [1.82, 2.24) is 5.32 Å². The predicted octanol–water partition coefficient (Wildman–Crippen LogP) is 4.64. The van der Waals surface area contributed by atoms with Crippen molar-refractivity contribution in [3.05, 3.63) is 53.6 Å². The maximum absolute atomic E-state index is 13.0. The molecule has 8 heteroatoms. The smallest absolute Gasteiger partial charge is 0.338 e. The number of esters is 1. The Morgan fingerprint density at radius 2 is 1.58 bits per heavy atom. The van der Waals surface area contributed by atoms with Gasteiger partial charge in [-0.1, -0.05) is 19.3 Å². The zero-order valence-corrected chi connectivity index (χ0v) is 19.4. The van der Waals surface area contributed by atoms with Gasteiger partial charge in [-0.05, 0) is 62.2 Å². The second-order valence-corrected chi connectivity index (χ2v) is 8.31. The molecule has 8 nitrogen and oxygen atoms in total. The Labute approximate surface area is 194 Å². The Hall–Kier alpha value is -3.55. The SMILES string of the molecule is CCOC(=O)c1ccc(NC(=O)Nc2ccc(N(C)C)c(C(=O)NC3CCCCC3)c2)cc1. The third-order valence-electron chi connectivity index (χ3n) is 5.58. The lowest BCUT2D eigenvalue weighted by Gasteiger charge is -2.24. The minimum Gasteiger partial charge on any atom is -0.462 e. The molecule has 0 aliphatic heterocycles. The number of hydrogen-bond donors (Lipinski definition) is 3. The van der Waals surface area contributed by atoms with Gasteiger partial charge in [-0.15, -0.1) is 0 Å². The molecule has 0 saturated heterocycles. The fraction of sp³-hybridized carbons (Fsp3) is 0.400. The van der Waals surface area contributed by atoms with Crippen LogP contribution in [-0.4, -0.2) is 44.7 Å². The number of rotatable bonds is 7. The number of amides is 3. The summed E-state index contributed by atoms with van der Waals surface area (Å²) in [5.41, 5.74) is 2.75. The van der Waals surface area contributed by atoms with Crippen molar-refractivity contribution in [2.45, 2.75) is 45.1 Å².